The van der Waals surface area contributed by atoms with Gasteiger partial charge >= 0.3 is 0 Å². The second kappa shape index (κ2) is 8.19. The Labute approximate surface area is 195 Å². The van der Waals surface area contributed by atoms with E-state index in [-0.39, 0.29) is 0 Å². The Balaban J connectivity index is 1.43. The molecular formula is C31H30NO+. The SMILES string of the molecule is Cc1ccc2c(oc3cc(-c4ccc(C5CCCCC5)cc4)ccc32)c1-c1cccc[n+]1C. The second-order valence-electron chi connectivity index (χ2n) is 9.60. The van der Waals surface area contributed by atoms with Crippen LogP contribution in [0.25, 0.3) is 44.3 Å². The summed E-state index contributed by atoms with van der Waals surface area (Å²) in [6.07, 6.45) is 8.91. The number of pyridine rings is 1. The Morgan fingerprint density at radius 3 is 2.33 bits per heavy atom. The number of benzene rings is 3. The van der Waals surface area contributed by atoms with Gasteiger partial charge in [0.2, 0.25) is 5.69 Å². The van der Waals surface area contributed by atoms with Gasteiger partial charge in [0.25, 0.3) is 0 Å². The molecule has 2 heteroatoms. The first-order valence-electron chi connectivity index (χ1n) is 12.2. The molecule has 0 aliphatic heterocycles. The highest BCUT2D eigenvalue weighted by Crippen LogP contribution is 2.39. The van der Waals surface area contributed by atoms with Crippen molar-refractivity contribution in [1.29, 1.82) is 0 Å². The Morgan fingerprint density at radius 2 is 1.55 bits per heavy atom. The van der Waals surface area contributed by atoms with Crippen molar-refractivity contribution in [3.05, 3.63) is 90.1 Å². The van der Waals surface area contributed by atoms with Crippen molar-refractivity contribution >= 4 is 21.9 Å². The van der Waals surface area contributed by atoms with Crippen LogP contribution < -0.4 is 4.57 Å². The highest BCUT2D eigenvalue weighted by Gasteiger charge is 2.20. The van der Waals surface area contributed by atoms with Crippen LogP contribution in [0.4, 0.5) is 0 Å². The molecule has 6 rings (SSSR count). The molecule has 1 fully saturated rings. The third-order valence-electron chi connectivity index (χ3n) is 7.48. The van der Waals surface area contributed by atoms with Gasteiger partial charge in [-0.15, -0.1) is 0 Å². The van der Waals surface area contributed by atoms with Crippen molar-refractivity contribution in [2.45, 2.75) is 44.9 Å². The largest absolute Gasteiger partial charge is 0.455 e. The van der Waals surface area contributed by atoms with Gasteiger partial charge in [0.1, 0.15) is 18.2 Å². The van der Waals surface area contributed by atoms with E-state index in [1.165, 1.54) is 70.7 Å². The van der Waals surface area contributed by atoms with Crippen LogP contribution in [0, 0.1) is 6.92 Å². The molecule has 1 saturated carbocycles. The lowest BCUT2D eigenvalue weighted by Crippen LogP contribution is -2.30. The summed E-state index contributed by atoms with van der Waals surface area (Å²) in [5.41, 5.74) is 9.44. The number of rotatable bonds is 3. The van der Waals surface area contributed by atoms with Gasteiger partial charge in [0, 0.05) is 22.9 Å². The average Bonchev–Trinajstić information content (AvgIpc) is 3.23. The molecule has 0 amide bonds. The van der Waals surface area contributed by atoms with Gasteiger partial charge in [0.05, 0.1) is 5.56 Å². The van der Waals surface area contributed by atoms with Gasteiger partial charge in [-0.1, -0.05) is 61.7 Å². The maximum Gasteiger partial charge on any atom is 0.216 e. The monoisotopic (exact) mass is 432 g/mol. The third kappa shape index (κ3) is 3.54. The van der Waals surface area contributed by atoms with Gasteiger partial charge in [-0.2, -0.15) is 0 Å². The predicted octanol–water partition coefficient (Wildman–Crippen LogP) is 8.10. The highest BCUT2D eigenvalue weighted by molar-refractivity contribution is 6.10. The molecule has 5 aromatic rings. The van der Waals surface area contributed by atoms with Crippen LogP contribution in [-0.4, -0.2) is 0 Å². The van der Waals surface area contributed by atoms with Crippen LogP contribution in [0.3, 0.4) is 0 Å². The zero-order chi connectivity index (χ0) is 22.4. The Morgan fingerprint density at radius 1 is 0.788 bits per heavy atom. The molecular weight excluding hydrogens is 402 g/mol. The van der Waals surface area contributed by atoms with Crippen molar-refractivity contribution in [1.82, 2.24) is 0 Å². The van der Waals surface area contributed by atoms with Crippen molar-refractivity contribution in [3.63, 3.8) is 0 Å². The van der Waals surface area contributed by atoms with Gasteiger partial charge in [-0.3, -0.25) is 0 Å². The predicted molar refractivity (Wildman–Crippen MR) is 136 cm³/mol. The number of hydrogen-bond donors (Lipinski definition) is 0. The number of furan rings is 1. The van der Waals surface area contributed by atoms with Crippen molar-refractivity contribution in [2.24, 2.45) is 7.05 Å². The fourth-order valence-corrected chi connectivity index (χ4v) is 5.60. The summed E-state index contributed by atoms with van der Waals surface area (Å²) in [6.45, 7) is 2.16. The minimum absolute atomic E-state index is 0.742. The third-order valence-corrected chi connectivity index (χ3v) is 7.48. The summed E-state index contributed by atoms with van der Waals surface area (Å²) in [5, 5.41) is 2.35. The Bertz CT molecular complexity index is 1450. The summed E-state index contributed by atoms with van der Waals surface area (Å²) in [6, 6.07) is 26.6. The molecule has 0 radical (unpaired) electrons. The summed E-state index contributed by atoms with van der Waals surface area (Å²) in [4.78, 5) is 0. The van der Waals surface area contributed by atoms with Gasteiger partial charge in [0.15, 0.2) is 6.20 Å². The fourth-order valence-electron chi connectivity index (χ4n) is 5.60. The van der Waals surface area contributed by atoms with E-state index in [0.717, 1.165) is 22.8 Å². The van der Waals surface area contributed by atoms with Crippen molar-refractivity contribution < 1.29 is 8.98 Å². The van der Waals surface area contributed by atoms with Crippen LogP contribution in [-0.2, 0) is 7.05 Å². The first-order valence-corrected chi connectivity index (χ1v) is 12.2. The Kier molecular flexibility index (Phi) is 5.02. The van der Waals surface area contributed by atoms with Crippen LogP contribution >= 0.6 is 0 Å². The molecule has 2 heterocycles. The smallest absolute Gasteiger partial charge is 0.216 e. The highest BCUT2D eigenvalue weighted by atomic mass is 16.3. The van der Waals surface area contributed by atoms with Crippen molar-refractivity contribution in [2.75, 3.05) is 0 Å². The summed E-state index contributed by atoms with van der Waals surface area (Å²) >= 11 is 0. The molecule has 33 heavy (non-hydrogen) atoms. The van der Waals surface area contributed by atoms with Crippen LogP contribution in [0.1, 0.15) is 49.1 Å². The number of aryl methyl sites for hydroxylation is 2. The molecule has 0 saturated heterocycles. The Hall–Kier alpha value is -3.39. The second-order valence-corrected chi connectivity index (χ2v) is 9.60. The molecule has 0 spiro atoms. The fraction of sp³-hybridized carbons (Fsp3) is 0.258. The molecule has 164 valence electrons. The van der Waals surface area contributed by atoms with E-state index in [1.807, 2.05) is 0 Å². The molecule has 0 unspecified atom stereocenters. The van der Waals surface area contributed by atoms with E-state index in [9.17, 15) is 0 Å². The molecule has 0 N–H and O–H groups in total. The molecule has 3 aromatic carbocycles. The lowest BCUT2D eigenvalue weighted by Gasteiger charge is -2.22. The van der Waals surface area contributed by atoms with Gasteiger partial charge in [-0.05, 0) is 66.1 Å². The minimum atomic E-state index is 0.742. The first kappa shape index (κ1) is 20.2. The van der Waals surface area contributed by atoms with Crippen LogP contribution in [0.5, 0.6) is 0 Å². The van der Waals surface area contributed by atoms with E-state index < -0.39 is 0 Å². The summed E-state index contributed by atoms with van der Waals surface area (Å²) in [5.74, 6) is 0.742. The van der Waals surface area contributed by atoms with E-state index >= 15 is 0 Å². The molecule has 2 aromatic heterocycles. The first-order chi connectivity index (χ1) is 16.2. The van der Waals surface area contributed by atoms with E-state index in [2.05, 4.69) is 97.5 Å². The number of fused-ring (bicyclic) bond motifs is 3. The lowest BCUT2D eigenvalue weighted by atomic mass is 9.84. The van der Waals surface area contributed by atoms with Crippen LogP contribution in [0.2, 0.25) is 0 Å². The topological polar surface area (TPSA) is 17.0 Å². The van der Waals surface area contributed by atoms with Crippen LogP contribution in [0.15, 0.2) is 83.4 Å². The minimum Gasteiger partial charge on any atom is -0.455 e. The van der Waals surface area contributed by atoms with E-state index in [0.29, 0.717) is 0 Å². The average molecular weight is 433 g/mol. The maximum atomic E-state index is 6.54. The quantitative estimate of drug-likeness (QED) is 0.263. The van der Waals surface area contributed by atoms with E-state index in [4.69, 9.17) is 4.42 Å². The molecule has 0 atom stereocenters. The molecule has 2 nitrogen and oxygen atoms in total. The number of aromatic nitrogens is 1. The lowest BCUT2D eigenvalue weighted by molar-refractivity contribution is -0.660. The zero-order valence-electron chi connectivity index (χ0n) is 19.5. The van der Waals surface area contributed by atoms with Crippen molar-refractivity contribution in [3.8, 4) is 22.4 Å². The molecule has 1 aliphatic rings. The zero-order valence-corrected chi connectivity index (χ0v) is 19.5. The van der Waals surface area contributed by atoms with E-state index in [1.54, 1.807) is 0 Å². The normalized spacial score (nSPS) is 14.8. The molecule has 1 aliphatic carbocycles. The van der Waals surface area contributed by atoms with Gasteiger partial charge in [-0.25, -0.2) is 4.57 Å². The maximum absolute atomic E-state index is 6.54. The summed E-state index contributed by atoms with van der Waals surface area (Å²) < 4.78 is 8.70. The number of hydrogen-bond acceptors (Lipinski definition) is 1. The molecule has 0 bridgehead atoms. The van der Waals surface area contributed by atoms with Gasteiger partial charge < -0.3 is 4.42 Å². The standard InChI is InChI=1S/C31H30NO/c1-21-11-17-27-26-18-16-25(24-14-12-23(13-15-24)22-8-4-3-5-9-22)20-29(26)33-31(27)30(21)28-10-6-7-19-32(28)2/h6-7,10-20,22H,3-5,8-9H2,1-2H3/q+1. The summed E-state index contributed by atoms with van der Waals surface area (Å²) in [7, 11) is 2.09. The number of nitrogens with zero attached hydrogens (tertiary/aromatic N) is 1.